The average Bonchev–Trinajstić information content (AvgIpc) is 2.82. The van der Waals surface area contributed by atoms with Gasteiger partial charge in [0.15, 0.2) is 0 Å². The molecular weight excluding hydrogens is 476 g/mol. The fraction of sp³-hybridized carbons (Fsp3) is 0.333. The lowest BCUT2D eigenvalue weighted by atomic mass is 9.91. The number of piperidine rings is 1. The van der Waals surface area contributed by atoms with E-state index in [-0.39, 0.29) is 16.6 Å². The summed E-state index contributed by atoms with van der Waals surface area (Å²) < 4.78 is 80.2. The lowest BCUT2D eigenvalue weighted by Gasteiger charge is -2.29. The van der Waals surface area contributed by atoms with Crippen LogP contribution in [0.3, 0.4) is 0 Å². The molecule has 5 nitrogen and oxygen atoms in total. The van der Waals surface area contributed by atoms with E-state index in [1.807, 2.05) is 0 Å². The third-order valence-corrected chi connectivity index (χ3v) is 5.91. The van der Waals surface area contributed by atoms with Crippen molar-refractivity contribution in [2.45, 2.75) is 43.8 Å². The number of alkyl halides is 6. The highest BCUT2D eigenvalue weighted by molar-refractivity contribution is 6.05. The molecule has 3 aromatic rings. The number of carbonyl (C=O) groups is 1. The third-order valence-electron chi connectivity index (χ3n) is 5.91. The van der Waals surface area contributed by atoms with E-state index in [2.05, 4.69) is 15.6 Å². The van der Waals surface area contributed by atoms with Crippen molar-refractivity contribution in [2.75, 3.05) is 11.9 Å². The van der Waals surface area contributed by atoms with Gasteiger partial charge in [-0.2, -0.15) is 26.3 Å². The lowest BCUT2D eigenvalue weighted by Crippen LogP contribution is -2.39. The number of para-hydroxylation sites is 1. The molecule has 1 aliphatic rings. The SMILES string of the molecule is O=C(Nc1cccc(C(F)(F)F)c1)c1cc(C(O)C2CCCCN2)c2cccc(C(F)(F)F)c2n1. The number of rotatable bonds is 4. The minimum atomic E-state index is -4.78. The number of carbonyl (C=O) groups excluding carboxylic acids is 1. The van der Waals surface area contributed by atoms with Gasteiger partial charge in [-0.3, -0.25) is 4.79 Å². The molecule has 2 heterocycles. The molecule has 0 spiro atoms. The molecule has 0 saturated carbocycles. The van der Waals surface area contributed by atoms with Gasteiger partial charge in [0.25, 0.3) is 5.91 Å². The first-order chi connectivity index (χ1) is 16.4. The number of nitrogens with zero attached hydrogens (tertiary/aromatic N) is 1. The normalized spacial score (nSPS) is 17.9. The summed E-state index contributed by atoms with van der Waals surface area (Å²) >= 11 is 0. The van der Waals surface area contributed by atoms with Gasteiger partial charge in [0.1, 0.15) is 5.69 Å². The van der Waals surface area contributed by atoms with Crippen LogP contribution < -0.4 is 10.6 Å². The van der Waals surface area contributed by atoms with E-state index in [1.54, 1.807) is 0 Å². The number of anilines is 1. The monoisotopic (exact) mass is 497 g/mol. The van der Waals surface area contributed by atoms with Gasteiger partial charge >= 0.3 is 12.4 Å². The Morgan fingerprint density at radius 2 is 1.77 bits per heavy atom. The summed E-state index contributed by atoms with van der Waals surface area (Å²) in [4.78, 5) is 16.8. The largest absolute Gasteiger partial charge is 0.418 e. The van der Waals surface area contributed by atoms with Crippen LogP contribution in [0.15, 0.2) is 48.5 Å². The molecule has 186 valence electrons. The van der Waals surface area contributed by atoms with Crippen LogP contribution in [0.5, 0.6) is 0 Å². The first-order valence-electron chi connectivity index (χ1n) is 10.9. The van der Waals surface area contributed by atoms with E-state index >= 15 is 0 Å². The maximum absolute atomic E-state index is 13.7. The van der Waals surface area contributed by atoms with Gasteiger partial charge in [-0.1, -0.05) is 24.6 Å². The second-order valence-corrected chi connectivity index (χ2v) is 8.33. The first-order valence-corrected chi connectivity index (χ1v) is 10.9. The van der Waals surface area contributed by atoms with Gasteiger partial charge in [-0.25, -0.2) is 4.98 Å². The molecule has 35 heavy (non-hydrogen) atoms. The quantitative estimate of drug-likeness (QED) is 0.405. The average molecular weight is 497 g/mol. The number of aliphatic hydroxyl groups excluding tert-OH is 1. The molecule has 2 aromatic carbocycles. The number of hydrogen-bond acceptors (Lipinski definition) is 4. The van der Waals surface area contributed by atoms with E-state index in [4.69, 9.17) is 0 Å². The van der Waals surface area contributed by atoms with Crippen LogP contribution in [0.25, 0.3) is 10.9 Å². The zero-order chi connectivity index (χ0) is 25.4. The second-order valence-electron chi connectivity index (χ2n) is 8.33. The van der Waals surface area contributed by atoms with Crippen molar-refractivity contribution in [1.29, 1.82) is 0 Å². The predicted octanol–water partition coefficient (Wildman–Crippen LogP) is 5.70. The Labute approximate surface area is 196 Å². The van der Waals surface area contributed by atoms with E-state index in [0.29, 0.717) is 19.0 Å². The van der Waals surface area contributed by atoms with Crippen molar-refractivity contribution < 1.29 is 36.2 Å². The van der Waals surface area contributed by atoms with Crippen LogP contribution in [-0.2, 0) is 12.4 Å². The Kier molecular flexibility index (Phi) is 6.74. The van der Waals surface area contributed by atoms with E-state index < -0.39 is 52.7 Å². The molecule has 1 aliphatic heterocycles. The van der Waals surface area contributed by atoms with Crippen molar-refractivity contribution in [3.63, 3.8) is 0 Å². The molecule has 4 rings (SSSR count). The summed E-state index contributed by atoms with van der Waals surface area (Å²) in [7, 11) is 0. The summed E-state index contributed by atoms with van der Waals surface area (Å²) in [6, 6.07) is 7.99. The first kappa shape index (κ1) is 24.9. The van der Waals surface area contributed by atoms with Crippen LogP contribution in [-0.4, -0.2) is 28.6 Å². The smallest absolute Gasteiger partial charge is 0.387 e. The van der Waals surface area contributed by atoms with E-state index in [1.165, 1.54) is 24.3 Å². The number of aromatic nitrogens is 1. The fourth-order valence-corrected chi connectivity index (χ4v) is 4.20. The predicted molar refractivity (Wildman–Crippen MR) is 117 cm³/mol. The number of pyridine rings is 1. The number of hydrogen-bond donors (Lipinski definition) is 3. The minimum absolute atomic E-state index is 0.0373. The van der Waals surface area contributed by atoms with Gasteiger partial charge in [0.05, 0.1) is 22.7 Å². The highest BCUT2D eigenvalue weighted by atomic mass is 19.4. The van der Waals surface area contributed by atoms with Gasteiger partial charge in [-0.05, 0) is 55.3 Å². The minimum Gasteiger partial charge on any atom is -0.387 e. The maximum Gasteiger partial charge on any atom is 0.418 e. The Hall–Kier alpha value is -3.18. The van der Waals surface area contributed by atoms with E-state index in [9.17, 15) is 36.2 Å². The topological polar surface area (TPSA) is 74.2 Å². The van der Waals surface area contributed by atoms with Crippen LogP contribution in [0.4, 0.5) is 32.0 Å². The van der Waals surface area contributed by atoms with Crippen LogP contribution in [0.2, 0.25) is 0 Å². The molecule has 3 N–H and O–H groups in total. The van der Waals surface area contributed by atoms with Crippen LogP contribution >= 0.6 is 0 Å². The van der Waals surface area contributed by atoms with Gasteiger partial charge in [0.2, 0.25) is 0 Å². The van der Waals surface area contributed by atoms with E-state index in [0.717, 1.165) is 31.0 Å². The molecule has 1 aromatic heterocycles. The summed E-state index contributed by atoms with van der Waals surface area (Å²) in [5.41, 5.74) is -3.20. The Morgan fingerprint density at radius 1 is 1.03 bits per heavy atom. The summed E-state index contributed by atoms with van der Waals surface area (Å²) in [6.45, 7) is 0.626. The lowest BCUT2D eigenvalue weighted by molar-refractivity contribution is -0.138. The van der Waals surface area contributed by atoms with Crippen molar-refractivity contribution in [2.24, 2.45) is 0 Å². The zero-order valence-electron chi connectivity index (χ0n) is 18.2. The molecule has 2 unspecified atom stereocenters. The fourth-order valence-electron chi connectivity index (χ4n) is 4.20. The van der Waals surface area contributed by atoms with Crippen LogP contribution in [0, 0.1) is 0 Å². The molecule has 1 amide bonds. The molecular formula is C24H21F6N3O2. The number of halogens is 6. The summed E-state index contributed by atoms with van der Waals surface area (Å²) in [5.74, 6) is -1.01. The Balaban J connectivity index is 1.79. The second kappa shape index (κ2) is 9.46. The number of fused-ring (bicyclic) bond motifs is 1. The molecule has 0 bridgehead atoms. The van der Waals surface area contributed by atoms with Gasteiger partial charge < -0.3 is 15.7 Å². The molecule has 2 atom stereocenters. The summed E-state index contributed by atoms with van der Waals surface area (Å²) in [6.07, 6.45) is -8.38. The highest BCUT2D eigenvalue weighted by Gasteiger charge is 2.35. The van der Waals surface area contributed by atoms with Crippen LogP contribution in [0.1, 0.15) is 52.5 Å². The number of nitrogens with one attached hydrogen (secondary N) is 2. The molecule has 1 fully saturated rings. The van der Waals surface area contributed by atoms with Crippen molar-refractivity contribution in [3.8, 4) is 0 Å². The van der Waals surface area contributed by atoms with Crippen molar-refractivity contribution in [3.05, 3.63) is 70.9 Å². The van der Waals surface area contributed by atoms with Gasteiger partial charge in [-0.15, -0.1) is 0 Å². The Bertz CT molecular complexity index is 1240. The summed E-state index contributed by atoms with van der Waals surface area (Å²) in [5, 5.41) is 16.5. The number of aliphatic hydroxyl groups is 1. The zero-order valence-corrected chi connectivity index (χ0v) is 18.2. The molecule has 0 radical (unpaired) electrons. The highest BCUT2D eigenvalue weighted by Crippen LogP contribution is 2.37. The maximum atomic E-state index is 13.7. The third kappa shape index (κ3) is 5.40. The molecule has 11 heteroatoms. The number of amides is 1. The molecule has 0 aliphatic carbocycles. The van der Waals surface area contributed by atoms with Gasteiger partial charge in [0, 0.05) is 17.1 Å². The van der Waals surface area contributed by atoms with Crippen molar-refractivity contribution in [1.82, 2.24) is 10.3 Å². The number of benzene rings is 2. The molecule has 1 saturated heterocycles. The standard InChI is InChI=1S/C24H21F6N3O2/c25-23(26,27)13-5-3-6-14(11-13)32-22(35)19-12-16(21(34)18-9-1-2-10-31-18)15-7-4-8-17(20(15)33-19)24(28,29)30/h3-8,11-12,18,21,31,34H,1-2,9-10H2,(H,32,35). The van der Waals surface area contributed by atoms with Crippen molar-refractivity contribution >= 4 is 22.5 Å². The Morgan fingerprint density at radius 3 is 2.43 bits per heavy atom.